The summed E-state index contributed by atoms with van der Waals surface area (Å²) in [6, 6.07) is 11.9. The van der Waals surface area contributed by atoms with Crippen molar-refractivity contribution in [2.45, 2.75) is 38.5 Å². The van der Waals surface area contributed by atoms with Crippen LogP contribution < -0.4 is 15.1 Å². The van der Waals surface area contributed by atoms with Crippen molar-refractivity contribution in [3.8, 4) is 11.3 Å². The first-order chi connectivity index (χ1) is 17.5. The average molecular weight is 489 g/mol. The summed E-state index contributed by atoms with van der Waals surface area (Å²) < 4.78 is 11.8. The van der Waals surface area contributed by atoms with Gasteiger partial charge in [0.25, 0.3) is 5.91 Å². The number of rotatable bonds is 4. The minimum atomic E-state index is -0.123. The van der Waals surface area contributed by atoms with E-state index in [1.807, 2.05) is 24.3 Å². The van der Waals surface area contributed by atoms with Gasteiger partial charge >= 0.3 is 0 Å². The third-order valence-corrected chi connectivity index (χ3v) is 7.32. The molecule has 1 aromatic carbocycles. The predicted octanol–water partition coefficient (Wildman–Crippen LogP) is 2.89. The average Bonchev–Trinajstić information content (AvgIpc) is 3.19. The Bertz CT molecular complexity index is 1290. The molecule has 6 rings (SSSR count). The first kappa shape index (κ1) is 23.1. The van der Waals surface area contributed by atoms with Gasteiger partial charge in [-0.25, -0.2) is 4.98 Å². The Morgan fingerprint density at radius 3 is 2.64 bits per heavy atom. The van der Waals surface area contributed by atoms with E-state index in [9.17, 15) is 4.79 Å². The molecule has 3 aliphatic rings. The maximum atomic E-state index is 12.2. The van der Waals surface area contributed by atoms with Crippen LogP contribution in [0.2, 0.25) is 0 Å². The van der Waals surface area contributed by atoms with Crippen LogP contribution in [0.1, 0.15) is 30.6 Å². The molecule has 0 spiro atoms. The van der Waals surface area contributed by atoms with Crippen LogP contribution in [-0.4, -0.2) is 79.0 Å². The van der Waals surface area contributed by atoms with E-state index in [-0.39, 0.29) is 18.1 Å². The van der Waals surface area contributed by atoms with Gasteiger partial charge in [-0.15, -0.1) is 0 Å². The summed E-state index contributed by atoms with van der Waals surface area (Å²) in [5.74, 6) is 2.01. The summed E-state index contributed by atoms with van der Waals surface area (Å²) in [6.07, 6.45) is 1.34. The molecular weight excluding hydrogens is 456 g/mol. The number of pyridine rings is 1. The normalized spacial score (nSPS) is 25.9. The van der Waals surface area contributed by atoms with Crippen LogP contribution in [0.4, 0.5) is 11.8 Å². The van der Waals surface area contributed by atoms with Crippen molar-refractivity contribution in [2.24, 2.45) is 5.92 Å². The zero-order chi connectivity index (χ0) is 24.8. The van der Waals surface area contributed by atoms with Crippen LogP contribution in [0, 0.1) is 5.92 Å². The number of hydrogen-bond acceptors (Lipinski definition) is 8. The van der Waals surface area contributed by atoms with E-state index in [0.29, 0.717) is 35.7 Å². The summed E-state index contributed by atoms with van der Waals surface area (Å²) in [6.45, 7) is 8.14. The number of carbonyl (C=O) groups is 1. The lowest BCUT2D eigenvalue weighted by Crippen LogP contribution is -2.46. The van der Waals surface area contributed by atoms with E-state index >= 15 is 0 Å². The molecule has 5 heterocycles. The third kappa shape index (κ3) is 4.26. The van der Waals surface area contributed by atoms with Crippen molar-refractivity contribution in [2.75, 3.05) is 49.7 Å². The number of anilines is 2. The van der Waals surface area contributed by atoms with Crippen LogP contribution >= 0.6 is 0 Å². The highest BCUT2D eigenvalue weighted by Gasteiger charge is 2.38. The highest BCUT2D eigenvalue weighted by Crippen LogP contribution is 2.35. The van der Waals surface area contributed by atoms with Gasteiger partial charge in [-0.2, -0.15) is 9.97 Å². The molecule has 3 fully saturated rings. The van der Waals surface area contributed by atoms with Gasteiger partial charge in [0.1, 0.15) is 5.82 Å². The lowest BCUT2D eigenvalue weighted by Gasteiger charge is -2.37. The minimum Gasteiger partial charge on any atom is -0.379 e. The fraction of sp³-hybridized carbons (Fsp3) is 0.481. The molecule has 4 atom stereocenters. The number of aromatic nitrogens is 3. The first-order valence-electron chi connectivity index (χ1n) is 12.7. The summed E-state index contributed by atoms with van der Waals surface area (Å²) >= 11 is 0. The van der Waals surface area contributed by atoms with Crippen molar-refractivity contribution in [3.63, 3.8) is 0 Å². The first-order valence-corrected chi connectivity index (χ1v) is 12.7. The van der Waals surface area contributed by atoms with Gasteiger partial charge in [0.05, 0.1) is 42.5 Å². The Hall–Kier alpha value is -3.30. The quantitative estimate of drug-likeness (QED) is 0.599. The number of ether oxygens (including phenoxy) is 2. The molecule has 0 aliphatic carbocycles. The monoisotopic (exact) mass is 488 g/mol. The highest BCUT2D eigenvalue weighted by atomic mass is 16.5. The Morgan fingerprint density at radius 2 is 1.86 bits per heavy atom. The number of nitrogens with zero attached hydrogens (tertiary/aromatic N) is 5. The van der Waals surface area contributed by atoms with Crippen LogP contribution in [0.25, 0.3) is 22.3 Å². The number of amides is 1. The van der Waals surface area contributed by atoms with Crippen molar-refractivity contribution in [3.05, 3.63) is 42.0 Å². The number of morpholine rings is 1. The van der Waals surface area contributed by atoms with Crippen LogP contribution in [0.3, 0.4) is 0 Å². The topological polar surface area (TPSA) is 92.7 Å². The van der Waals surface area contributed by atoms with Gasteiger partial charge in [0.15, 0.2) is 5.65 Å². The molecule has 0 saturated carbocycles. The maximum Gasteiger partial charge on any atom is 0.251 e. The Labute approximate surface area is 210 Å². The van der Waals surface area contributed by atoms with Gasteiger partial charge in [-0.1, -0.05) is 12.1 Å². The molecule has 188 valence electrons. The number of nitrogens with one attached hydrogen (secondary N) is 1. The third-order valence-electron chi connectivity index (χ3n) is 7.32. The predicted molar refractivity (Wildman–Crippen MR) is 138 cm³/mol. The molecule has 0 radical (unpaired) electrons. The summed E-state index contributed by atoms with van der Waals surface area (Å²) in [5, 5.41) is 3.61. The van der Waals surface area contributed by atoms with Crippen molar-refractivity contribution >= 4 is 28.7 Å². The van der Waals surface area contributed by atoms with E-state index in [1.54, 1.807) is 13.1 Å². The molecule has 36 heavy (non-hydrogen) atoms. The van der Waals surface area contributed by atoms with Crippen molar-refractivity contribution in [1.82, 2.24) is 20.3 Å². The van der Waals surface area contributed by atoms with E-state index in [2.05, 4.69) is 35.0 Å². The molecule has 3 aromatic rings. The van der Waals surface area contributed by atoms with E-state index in [4.69, 9.17) is 24.4 Å². The molecule has 4 unspecified atom stereocenters. The number of benzene rings is 1. The number of hydrogen-bond donors (Lipinski definition) is 1. The molecule has 2 aromatic heterocycles. The summed E-state index contributed by atoms with van der Waals surface area (Å²) in [7, 11) is 1.63. The zero-order valence-corrected chi connectivity index (χ0v) is 21.0. The largest absolute Gasteiger partial charge is 0.379 e. The minimum absolute atomic E-state index is 0.112. The molecule has 9 nitrogen and oxygen atoms in total. The lowest BCUT2D eigenvalue weighted by atomic mass is 10.1. The van der Waals surface area contributed by atoms with Crippen molar-refractivity contribution in [1.29, 1.82) is 0 Å². The molecule has 3 aliphatic heterocycles. The molecule has 1 N–H and O–H groups in total. The molecule has 1 amide bonds. The van der Waals surface area contributed by atoms with Crippen LogP contribution in [0.5, 0.6) is 0 Å². The molecular formula is C27H32N6O3. The van der Waals surface area contributed by atoms with Crippen LogP contribution in [-0.2, 0) is 9.47 Å². The molecule has 3 saturated heterocycles. The summed E-state index contributed by atoms with van der Waals surface area (Å²) in [5.41, 5.74) is 2.91. The van der Waals surface area contributed by atoms with Crippen LogP contribution in [0.15, 0.2) is 36.4 Å². The number of carbonyl (C=O) groups excluding carboxylic acids is 1. The van der Waals surface area contributed by atoms with E-state index in [1.165, 1.54) is 0 Å². The molecule has 9 heteroatoms. The van der Waals surface area contributed by atoms with Gasteiger partial charge in [-0.05, 0) is 44.5 Å². The second kappa shape index (κ2) is 9.29. The van der Waals surface area contributed by atoms with Gasteiger partial charge in [-0.3, -0.25) is 4.79 Å². The Morgan fingerprint density at radius 1 is 1.03 bits per heavy atom. The summed E-state index contributed by atoms with van der Waals surface area (Å²) in [4.78, 5) is 31.9. The zero-order valence-electron chi connectivity index (χ0n) is 21.0. The Balaban J connectivity index is 1.46. The Kier molecular flexibility index (Phi) is 5.97. The maximum absolute atomic E-state index is 12.2. The second-order valence-electron chi connectivity index (χ2n) is 10.2. The fourth-order valence-corrected chi connectivity index (χ4v) is 5.74. The second-order valence-corrected chi connectivity index (χ2v) is 10.2. The van der Waals surface area contributed by atoms with Gasteiger partial charge < -0.3 is 24.6 Å². The highest BCUT2D eigenvalue weighted by molar-refractivity contribution is 5.95. The standard InChI is InChI=1S/C27H32N6O3/c1-16-11-32(12-17(2)36-16)25-22-7-8-23(19-5-4-6-20(10-19)26(34)28-3)29-24(22)30-27(31-25)33-13-18-9-21(33)15-35-14-18/h4-8,10,16-18,21H,9,11-15H2,1-3H3,(H,28,34). The van der Waals surface area contributed by atoms with Gasteiger partial charge in [0, 0.05) is 43.7 Å². The van der Waals surface area contributed by atoms with E-state index < -0.39 is 0 Å². The molecule has 2 bridgehead atoms. The van der Waals surface area contributed by atoms with Crippen molar-refractivity contribution < 1.29 is 14.3 Å². The van der Waals surface area contributed by atoms with E-state index in [0.717, 1.165) is 55.1 Å². The number of fused-ring (bicyclic) bond motifs is 3. The lowest BCUT2D eigenvalue weighted by molar-refractivity contribution is -0.00537. The fourth-order valence-electron chi connectivity index (χ4n) is 5.74. The van der Waals surface area contributed by atoms with Gasteiger partial charge in [0.2, 0.25) is 5.95 Å². The smallest absolute Gasteiger partial charge is 0.251 e. The SMILES string of the molecule is CNC(=O)c1cccc(-c2ccc3c(N4CC(C)OC(C)C4)nc(N4CC5COCC4C5)nc3n2)c1.